The Bertz CT molecular complexity index is 824. The number of oxazole rings is 1. The van der Waals surface area contributed by atoms with Gasteiger partial charge < -0.3 is 9.32 Å². The fourth-order valence-corrected chi connectivity index (χ4v) is 3.92. The van der Waals surface area contributed by atoms with Gasteiger partial charge in [0, 0.05) is 37.6 Å². The third-order valence-corrected chi connectivity index (χ3v) is 5.67. The predicted molar refractivity (Wildman–Crippen MR) is 107 cm³/mol. The zero-order chi connectivity index (χ0) is 18.7. The van der Waals surface area contributed by atoms with Crippen LogP contribution in [0.4, 0.5) is 0 Å². The molecular weight excluding hydrogens is 370 g/mol. The molecule has 2 heterocycles. The van der Waals surface area contributed by atoms with Crippen molar-refractivity contribution in [3.8, 4) is 0 Å². The van der Waals surface area contributed by atoms with E-state index in [0.29, 0.717) is 16.5 Å². The number of benzene rings is 1. The van der Waals surface area contributed by atoms with E-state index in [1.54, 1.807) is 6.07 Å². The molecule has 1 amide bonds. The second-order valence-electron chi connectivity index (χ2n) is 7.06. The smallest absolute Gasteiger partial charge is 0.270 e. The van der Waals surface area contributed by atoms with Gasteiger partial charge in [-0.25, -0.2) is 0 Å². The van der Waals surface area contributed by atoms with Gasteiger partial charge in [-0.15, -0.1) is 0 Å². The van der Waals surface area contributed by atoms with Crippen LogP contribution in [0.25, 0.3) is 11.1 Å². The van der Waals surface area contributed by atoms with Crippen LogP contribution >= 0.6 is 23.8 Å². The first-order valence-corrected chi connectivity index (χ1v) is 10.0. The highest BCUT2D eigenvalue weighted by Gasteiger charge is 2.27. The molecule has 1 fully saturated rings. The van der Waals surface area contributed by atoms with Crippen LogP contribution in [0.2, 0.25) is 5.02 Å². The molecule has 0 unspecified atom stereocenters. The topological polar surface area (TPSA) is 41.6 Å². The highest BCUT2D eigenvalue weighted by atomic mass is 35.5. The van der Waals surface area contributed by atoms with Crippen LogP contribution in [-0.4, -0.2) is 47.0 Å². The summed E-state index contributed by atoms with van der Waals surface area (Å²) >= 11 is 11.5. The van der Waals surface area contributed by atoms with E-state index in [1.165, 1.54) is 0 Å². The van der Waals surface area contributed by atoms with E-state index in [2.05, 4.69) is 11.8 Å². The average Bonchev–Trinajstić information content (AvgIpc) is 2.94. The van der Waals surface area contributed by atoms with Crippen LogP contribution in [0.3, 0.4) is 0 Å². The quantitative estimate of drug-likeness (QED) is 0.673. The van der Waals surface area contributed by atoms with Crippen molar-refractivity contribution in [2.45, 2.75) is 39.3 Å². The molecule has 1 aromatic heterocycles. The molecule has 0 spiro atoms. The van der Waals surface area contributed by atoms with E-state index in [9.17, 15) is 4.79 Å². The molecule has 0 radical (unpaired) electrons. The minimum Gasteiger partial charge on any atom is -0.429 e. The zero-order valence-corrected chi connectivity index (χ0v) is 17.0. The third-order valence-electron chi connectivity index (χ3n) is 5.13. The summed E-state index contributed by atoms with van der Waals surface area (Å²) in [6.07, 6.45) is 3.95. The summed E-state index contributed by atoms with van der Waals surface area (Å²) in [5.74, 6) is 0.423. The van der Waals surface area contributed by atoms with Crippen LogP contribution in [0.15, 0.2) is 22.6 Å². The maximum absolute atomic E-state index is 12.5. The first-order chi connectivity index (χ1) is 12.5. The number of hydrogen-bond acceptors (Lipinski definition) is 4. The molecule has 142 valence electrons. The Labute approximate surface area is 164 Å². The molecule has 0 bridgehead atoms. The number of piperidine rings is 1. The van der Waals surface area contributed by atoms with Gasteiger partial charge in [0.15, 0.2) is 5.58 Å². The van der Waals surface area contributed by atoms with Crippen molar-refractivity contribution in [2.75, 3.05) is 26.7 Å². The first kappa shape index (κ1) is 19.4. The molecule has 1 aromatic carbocycles. The molecule has 0 aliphatic carbocycles. The van der Waals surface area contributed by atoms with Gasteiger partial charge in [-0.3, -0.25) is 14.3 Å². The molecule has 0 N–H and O–H groups in total. The largest absolute Gasteiger partial charge is 0.429 e. The summed E-state index contributed by atoms with van der Waals surface area (Å²) in [5, 5.41) is 0.668. The number of hydrogen-bond donors (Lipinski definition) is 0. The Morgan fingerprint density at radius 3 is 2.81 bits per heavy atom. The number of halogens is 1. The Kier molecular flexibility index (Phi) is 6.37. The lowest BCUT2D eigenvalue weighted by molar-refractivity contribution is -0.135. The number of rotatable bonds is 6. The second kappa shape index (κ2) is 8.55. The van der Waals surface area contributed by atoms with Crippen molar-refractivity contribution < 1.29 is 9.21 Å². The molecule has 5 nitrogen and oxygen atoms in total. The minimum absolute atomic E-state index is 0.136. The zero-order valence-electron chi connectivity index (χ0n) is 15.4. The number of amides is 1. The van der Waals surface area contributed by atoms with Gasteiger partial charge in [0.2, 0.25) is 5.91 Å². The summed E-state index contributed by atoms with van der Waals surface area (Å²) in [6.45, 7) is 5.43. The van der Waals surface area contributed by atoms with E-state index < -0.39 is 0 Å². The van der Waals surface area contributed by atoms with Crippen molar-refractivity contribution in [3.63, 3.8) is 0 Å². The molecule has 1 aliphatic rings. The number of unbranched alkanes of at least 4 members (excludes halogenated alkanes) is 1. The number of carbonyl (C=O) groups excluding carboxylic acids is 1. The summed E-state index contributed by atoms with van der Waals surface area (Å²) in [4.78, 5) is 17.2. The molecule has 26 heavy (non-hydrogen) atoms. The number of carbonyl (C=O) groups is 1. The van der Waals surface area contributed by atoms with E-state index in [4.69, 9.17) is 28.2 Å². The van der Waals surface area contributed by atoms with Gasteiger partial charge >= 0.3 is 0 Å². The van der Waals surface area contributed by atoms with Crippen LogP contribution in [0, 0.1) is 10.8 Å². The van der Waals surface area contributed by atoms with Crippen molar-refractivity contribution in [1.82, 2.24) is 14.4 Å². The standard InChI is InChI=1S/C19H26ClN3O2S/c1-3-4-9-21(2)18(24)14-7-10-22(11-8-14)13-23-16-12-15(20)5-6-17(16)25-19(23)26/h5-6,12,14H,3-4,7-11,13H2,1-2H3. The fourth-order valence-electron chi connectivity index (χ4n) is 3.51. The van der Waals surface area contributed by atoms with Crippen LogP contribution in [0.5, 0.6) is 0 Å². The summed E-state index contributed by atoms with van der Waals surface area (Å²) in [6, 6.07) is 5.54. The molecule has 1 saturated heterocycles. The second-order valence-corrected chi connectivity index (χ2v) is 7.84. The fraction of sp³-hybridized carbons (Fsp3) is 0.579. The third kappa shape index (κ3) is 4.30. The maximum Gasteiger partial charge on any atom is 0.270 e. The lowest BCUT2D eigenvalue weighted by Crippen LogP contribution is -2.42. The van der Waals surface area contributed by atoms with E-state index in [1.807, 2.05) is 28.6 Å². The van der Waals surface area contributed by atoms with Crippen LogP contribution in [-0.2, 0) is 11.5 Å². The lowest BCUT2D eigenvalue weighted by Gasteiger charge is -2.33. The van der Waals surface area contributed by atoms with Crippen LogP contribution in [0.1, 0.15) is 32.6 Å². The van der Waals surface area contributed by atoms with Crippen molar-refractivity contribution >= 4 is 40.8 Å². The van der Waals surface area contributed by atoms with Gasteiger partial charge in [-0.1, -0.05) is 24.9 Å². The lowest BCUT2D eigenvalue weighted by atomic mass is 9.95. The van der Waals surface area contributed by atoms with Gasteiger partial charge in [-0.2, -0.15) is 0 Å². The number of likely N-dealkylation sites (tertiary alicyclic amines) is 1. The van der Waals surface area contributed by atoms with E-state index >= 15 is 0 Å². The highest BCUT2D eigenvalue weighted by Crippen LogP contribution is 2.24. The van der Waals surface area contributed by atoms with Crippen molar-refractivity contribution in [2.24, 2.45) is 5.92 Å². The Hall–Kier alpha value is -1.37. The molecule has 1 aliphatic heterocycles. The van der Waals surface area contributed by atoms with Crippen molar-refractivity contribution in [1.29, 1.82) is 0 Å². The monoisotopic (exact) mass is 395 g/mol. The molecule has 2 aromatic rings. The SMILES string of the molecule is CCCCN(C)C(=O)C1CCN(Cn2c(=S)oc3ccc(Cl)cc32)CC1. The summed E-state index contributed by atoms with van der Waals surface area (Å²) in [7, 11) is 1.92. The maximum atomic E-state index is 12.5. The molecule has 7 heteroatoms. The Morgan fingerprint density at radius 2 is 2.12 bits per heavy atom. The number of fused-ring (bicyclic) bond motifs is 1. The highest BCUT2D eigenvalue weighted by molar-refractivity contribution is 7.71. The van der Waals surface area contributed by atoms with E-state index in [0.717, 1.165) is 56.4 Å². The number of aromatic nitrogens is 1. The molecule has 0 atom stereocenters. The van der Waals surface area contributed by atoms with Crippen molar-refractivity contribution in [3.05, 3.63) is 28.1 Å². The summed E-state index contributed by atoms with van der Waals surface area (Å²) in [5.41, 5.74) is 1.67. The van der Waals surface area contributed by atoms with Gasteiger partial charge in [0.1, 0.15) is 0 Å². The summed E-state index contributed by atoms with van der Waals surface area (Å²) < 4.78 is 7.63. The predicted octanol–water partition coefficient (Wildman–Crippen LogP) is 4.55. The number of nitrogens with zero attached hydrogens (tertiary/aromatic N) is 3. The Morgan fingerprint density at radius 1 is 1.38 bits per heavy atom. The van der Waals surface area contributed by atoms with Gasteiger partial charge in [0.25, 0.3) is 4.84 Å². The minimum atomic E-state index is 0.136. The Balaban J connectivity index is 1.61. The van der Waals surface area contributed by atoms with Gasteiger partial charge in [0.05, 0.1) is 12.2 Å². The normalized spacial score (nSPS) is 16.3. The molecule has 0 saturated carbocycles. The van der Waals surface area contributed by atoms with E-state index in [-0.39, 0.29) is 11.8 Å². The first-order valence-electron chi connectivity index (χ1n) is 9.25. The molecule has 3 rings (SSSR count). The average molecular weight is 396 g/mol. The van der Waals surface area contributed by atoms with Crippen LogP contribution < -0.4 is 0 Å². The molecular formula is C19H26ClN3O2S. The van der Waals surface area contributed by atoms with Gasteiger partial charge in [-0.05, 0) is 49.7 Å².